The zero-order valence-electron chi connectivity index (χ0n) is 8.62. The van der Waals surface area contributed by atoms with E-state index in [9.17, 15) is 14.3 Å². The van der Waals surface area contributed by atoms with Crippen molar-refractivity contribution in [2.24, 2.45) is 0 Å². The van der Waals surface area contributed by atoms with Gasteiger partial charge in [0.05, 0.1) is 6.61 Å². The molecule has 0 aromatic carbocycles. The summed E-state index contributed by atoms with van der Waals surface area (Å²) in [5, 5.41) is 18.4. The van der Waals surface area contributed by atoms with E-state index in [2.05, 4.69) is 4.98 Å². The molecule has 8 heteroatoms. The maximum Gasteiger partial charge on any atom is 0.328 e. The Labute approximate surface area is 100 Å². The number of aliphatic hydroxyl groups excluding tert-OH is 2. The molecular formula is C9H11FN2O4S. The van der Waals surface area contributed by atoms with Crippen LogP contribution in [0, 0.1) is 4.64 Å². The van der Waals surface area contributed by atoms with Crippen LogP contribution in [0.15, 0.2) is 17.1 Å². The molecule has 1 aliphatic heterocycles. The first kappa shape index (κ1) is 12.4. The van der Waals surface area contributed by atoms with Gasteiger partial charge in [0.25, 0.3) is 0 Å². The molecule has 4 atom stereocenters. The normalized spacial score (nSPS) is 32.9. The smallest absolute Gasteiger partial charge is 0.328 e. The summed E-state index contributed by atoms with van der Waals surface area (Å²) >= 11 is 4.75. The SMILES string of the molecule is O=c1[nH]c(=S)ccn1[C@@H]1O[C@H](CO)C(F)[C@@H]1O. The number of aromatic amines is 1. The number of aliphatic hydroxyl groups is 2. The lowest BCUT2D eigenvalue weighted by Crippen LogP contribution is -2.34. The molecule has 17 heavy (non-hydrogen) atoms. The van der Waals surface area contributed by atoms with Crippen molar-refractivity contribution in [3.63, 3.8) is 0 Å². The number of hydrogen-bond acceptors (Lipinski definition) is 5. The fraction of sp³-hybridized carbons (Fsp3) is 0.556. The van der Waals surface area contributed by atoms with E-state index in [4.69, 9.17) is 22.1 Å². The standard InChI is InChI=1S/C9H11FN2O4S/c10-6-4(3-13)16-8(7(6)14)12-2-1-5(17)11-9(12)15/h1-2,4,6-8,13-14H,3H2,(H,11,15,17)/t4-,6?,7+,8-/m1/s1. The first-order chi connectivity index (χ1) is 8.04. The number of ether oxygens (including phenoxy) is 1. The Morgan fingerprint density at radius 1 is 1.65 bits per heavy atom. The molecule has 0 radical (unpaired) electrons. The third-order valence-electron chi connectivity index (χ3n) is 2.59. The van der Waals surface area contributed by atoms with Gasteiger partial charge in [-0.3, -0.25) is 9.55 Å². The number of H-pyrrole nitrogens is 1. The lowest BCUT2D eigenvalue weighted by atomic mass is 10.1. The number of nitrogens with zero attached hydrogens (tertiary/aromatic N) is 1. The Morgan fingerprint density at radius 3 is 2.88 bits per heavy atom. The molecule has 0 spiro atoms. The molecule has 1 saturated heterocycles. The highest BCUT2D eigenvalue weighted by Gasteiger charge is 2.45. The van der Waals surface area contributed by atoms with E-state index in [1.165, 1.54) is 12.3 Å². The minimum atomic E-state index is -1.74. The van der Waals surface area contributed by atoms with Crippen LogP contribution in [0.1, 0.15) is 6.23 Å². The van der Waals surface area contributed by atoms with Crippen molar-refractivity contribution in [3.8, 4) is 0 Å². The van der Waals surface area contributed by atoms with Crippen LogP contribution in [0.3, 0.4) is 0 Å². The van der Waals surface area contributed by atoms with Crippen molar-refractivity contribution in [1.82, 2.24) is 9.55 Å². The molecule has 0 aliphatic carbocycles. The van der Waals surface area contributed by atoms with Crippen molar-refractivity contribution in [1.29, 1.82) is 0 Å². The van der Waals surface area contributed by atoms with Crippen molar-refractivity contribution in [2.75, 3.05) is 6.61 Å². The van der Waals surface area contributed by atoms with E-state index in [0.717, 1.165) is 4.57 Å². The maximum absolute atomic E-state index is 13.4. The summed E-state index contributed by atoms with van der Waals surface area (Å²) in [6.07, 6.45) is -4.23. The van der Waals surface area contributed by atoms with Crippen molar-refractivity contribution in [2.45, 2.75) is 24.6 Å². The van der Waals surface area contributed by atoms with Gasteiger partial charge in [0.15, 0.2) is 12.4 Å². The molecule has 6 nitrogen and oxygen atoms in total. The summed E-state index contributed by atoms with van der Waals surface area (Å²) in [5.74, 6) is 0. The van der Waals surface area contributed by atoms with Gasteiger partial charge in [0.2, 0.25) is 0 Å². The molecule has 1 fully saturated rings. The molecule has 1 aromatic rings. The molecule has 2 rings (SSSR count). The third-order valence-corrected chi connectivity index (χ3v) is 2.83. The minimum Gasteiger partial charge on any atom is -0.394 e. The van der Waals surface area contributed by atoms with Gasteiger partial charge in [-0.2, -0.15) is 0 Å². The van der Waals surface area contributed by atoms with Gasteiger partial charge in [0, 0.05) is 6.20 Å². The second kappa shape index (κ2) is 4.65. The lowest BCUT2D eigenvalue weighted by molar-refractivity contribution is -0.0537. The number of hydrogen-bond donors (Lipinski definition) is 3. The Bertz CT molecular complexity index is 516. The first-order valence-corrected chi connectivity index (χ1v) is 5.35. The summed E-state index contributed by atoms with van der Waals surface area (Å²) in [5.41, 5.74) is -0.604. The first-order valence-electron chi connectivity index (χ1n) is 4.94. The number of aromatic nitrogens is 2. The molecule has 3 N–H and O–H groups in total. The van der Waals surface area contributed by atoms with E-state index < -0.39 is 36.9 Å². The molecule has 0 saturated carbocycles. The summed E-state index contributed by atoms with van der Waals surface area (Å²) < 4.78 is 19.8. The third kappa shape index (κ3) is 2.16. The molecule has 1 aliphatic rings. The highest BCUT2D eigenvalue weighted by molar-refractivity contribution is 7.71. The van der Waals surface area contributed by atoms with Crippen molar-refractivity contribution < 1.29 is 19.3 Å². The molecular weight excluding hydrogens is 251 g/mol. The molecule has 0 bridgehead atoms. The van der Waals surface area contributed by atoms with Crippen molar-refractivity contribution in [3.05, 3.63) is 27.4 Å². The summed E-state index contributed by atoms with van der Waals surface area (Å²) in [7, 11) is 0. The number of halogens is 1. The predicted molar refractivity (Wildman–Crippen MR) is 57.8 cm³/mol. The fourth-order valence-electron chi connectivity index (χ4n) is 1.71. The fourth-order valence-corrected chi connectivity index (χ4v) is 1.86. The van der Waals surface area contributed by atoms with Crippen molar-refractivity contribution >= 4 is 12.2 Å². The lowest BCUT2D eigenvalue weighted by Gasteiger charge is -2.16. The Morgan fingerprint density at radius 2 is 2.35 bits per heavy atom. The van der Waals surface area contributed by atoms with E-state index in [-0.39, 0.29) is 4.64 Å². The number of nitrogens with one attached hydrogen (secondary N) is 1. The molecule has 0 amide bonds. The van der Waals surface area contributed by atoms with Gasteiger partial charge < -0.3 is 14.9 Å². The van der Waals surface area contributed by atoms with Gasteiger partial charge in [-0.05, 0) is 6.07 Å². The second-order valence-electron chi connectivity index (χ2n) is 3.70. The molecule has 2 heterocycles. The zero-order chi connectivity index (χ0) is 12.6. The van der Waals surface area contributed by atoms with Crippen LogP contribution < -0.4 is 5.69 Å². The van der Waals surface area contributed by atoms with Crippen LogP contribution in [0.2, 0.25) is 0 Å². The summed E-state index contributed by atoms with van der Waals surface area (Å²) in [4.78, 5) is 13.9. The van der Waals surface area contributed by atoms with Crippen LogP contribution >= 0.6 is 12.2 Å². The highest BCUT2D eigenvalue weighted by Crippen LogP contribution is 2.29. The second-order valence-corrected chi connectivity index (χ2v) is 4.14. The van der Waals surface area contributed by atoms with Crippen LogP contribution in [-0.2, 0) is 4.74 Å². The molecule has 1 unspecified atom stereocenters. The zero-order valence-corrected chi connectivity index (χ0v) is 9.43. The molecule has 1 aromatic heterocycles. The van der Waals surface area contributed by atoms with Gasteiger partial charge in [-0.25, -0.2) is 9.18 Å². The average Bonchev–Trinajstić information content (AvgIpc) is 2.57. The Balaban J connectivity index is 2.35. The predicted octanol–water partition coefficient (Wildman–Crippen LogP) is -0.505. The van der Waals surface area contributed by atoms with E-state index >= 15 is 0 Å². The van der Waals surface area contributed by atoms with E-state index in [1.807, 2.05) is 0 Å². The van der Waals surface area contributed by atoms with Gasteiger partial charge in [-0.1, -0.05) is 12.2 Å². The van der Waals surface area contributed by atoms with E-state index in [1.54, 1.807) is 0 Å². The monoisotopic (exact) mass is 262 g/mol. The largest absolute Gasteiger partial charge is 0.394 e. The van der Waals surface area contributed by atoms with Crippen LogP contribution in [-0.4, -0.2) is 44.8 Å². The highest BCUT2D eigenvalue weighted by atomic mass is 32.1. The number of alkyl halides is 1. The molecule has 94 valence electrons. The summed E-state index contributed by atoms with van der Waals surface area (Å²) in [6, 6.07) is 1.42. The van der Waals surface area contributed by atoms with Gasteiger partial charge in [-0.15, -0.1) is 0 Å². The minimum absolute atomic E-state index is 0.231. The summed E-state index contributed by atoms with van der Waals surface area (Å²) in [6.45, 7) is -0.563. The average molecular weight is 262 g/mol. The van der Waals surface area contributed by atoms with Crippen LogP contribution in [0.5, 0.6) is 0 Å². The van der Waals surface area contributed by atoms with E-state index in [0.29, 0.717) is 0 Å². The van der Waals surface area contributed by atoms with Crippen LogP contribution in [0.4, 0.5) is 4.39 Å². The Kier molecular flexibility index (Phi) is 3.38. The van der Waals surface area contributed by atoms with Crippen LogP contribution in [0.25, 0.3) is 0 Å². The topological polar surface area (TPSA) is 87.5 Å². The maximum atomic E-state index is 13.4. The quantitative estimate of drug-likeness (QED) is 0.625. The Hall–Kier alpha value is -1.09. The van der Waals surface area contributed by atoms with Gasteiger partial charge in [0.1, 0.15) is 16.8 Å². The number of rotatable bonds is 2. The van der Waals surface area contributed by atoms with Gasteiger partial charge >= 0.3 is 5.69 Å².